The van der Waals surface area contributed by atoms with Gasteiger partial charge in [0.05, 0.1) is 17.5 Å². The summed E-state index contributed by atoms with van der Waals surface area (Å²) in [7, 11) is -3.26. The second kappa shape index (κ2) is 6.91. The van der Waals surface area contributed by atoms with Gasteiger partial charge in [-0.1, -0.05) is 41.3 Å². The van der Waals surface area contributed by atoms with Crippen LogP contribution in [0.1, 0.15) is 0 Å². The van der Waals surface area contributed by atoms with Gasteiger partial charge in [-0.2, -0.15) is 0 Å². The van der Waals surface area contributed by atoms with Crippen LogP contribution in [0.15, 0.2) is 46.2 Å². The molecule has 1 aliphatic heterocycles. The molecule has 0 fully saturated rings. The van der Waals surface area contributed by atoms with Gasteiger partial charge in [-0.15, -0.1) is 10.2 Å². The van der Waals surface area contributed by atoms with E-state index in [1.165, 1.54) is 33.4 Å². The van der Waals surface area contributed by atoms with E-state index in [-0.39, 0.29) is 17.4 Å². The number of hydrogen-bond acceptors (Lipinski definition) is 8. The summed E-state index contributed by atoms with van der Waals surface area (Å²) in [4.78, 5) is 14.2. The normalized spacial score (nSPS) is 18.6. The van der Waals surface area contributed by atoms with E-state index in [2.05, 4.69) is 10.2 Å². The predicted molar refractivity (Wildman–Crippen MR) is 95.7 cm³/mol. The van der Waals surface area contributed by atoms with Crippen molar-refractivity contribution in [2.45, 2.75) is 10.4 Å². The van der Waals surface area contributed by atoms with Gasteiger partial charge in [-0.05, 0) is 18.2 Å². The van der Waals surface area contributed by atoms with Gasteiger partial charge in [0, 0.05) is 11.1 Å². The molecule has 126 valence electrons. The summed E-state index contributed by atoms with van der Waals surface area (Å²) in [6.07, 6.45) is 1.55. The van der Waals surface area contributed by atoms with Gasteiger partial charge in [0.2, 0.25) is 11.0 Å². The SMILES string of the molecule is Nc1nnc(SCC(=O)N(c2ccccc2)[C@@H]2C=CS(=O)(=O)C2)s1. The Kier molecular flexibility index (Phi) is 4.88. The fraction of sp³-hybridized carbons (Fsp3) is 0.214. The lowest BCUT2D eigenvalue weighted by Crippen LogP contribution is -2.42. The van der Waals surface area contributed by atoms with Crippen LogP contribution in [0, 0.1) is 0 Å². The van der Waals surface area contributed by atoms with Crippen molar-refractivity contribution in [3.8, 4) is 0 Å². The van der Waals surface area contributed by atoms with E-state index in [0.717, 1.165) is 0 Å². The third kappa shape index (κ3) is 3.94. The smallest absolute Gasteiger partial charge is 0.238 e. The second-order valence-corrected chi connectivity index (χ2v) is 9.18. The maximum atomic E-state index is 12.7. The largest absolute Gasteiger partial charge is 0.374 e. The number of carbonyl (C=O) groups is 1. The van der Waals surface area contributed by atoms with Gasteiger partial charge >= 0.3 is 0 Å². The fourth-order valence-corrected chi connectivity index (χ4v) is 5.06. The molecule has 0 spiro atoms. The molecule has 0 radical (unpaired) electrons. The first kappa shape index (κ1) is 16.9. The van der Waals surface area contributed by atoms with Crippen molar-refractivity contribution in [3.63, 3.8) is 0 Å². The minimum atomic E-state index is -3.26. The topological polar surface area (TPSA) is 106 Å². The van der Waals surface area contributed by atoms with Crippen LogP contribution in [-0.2, 0) is 14.6 Å². The van der Waals surface area contributed by atoms with Crippen LogP contribution < -0.4 is 10.6 Å². The summed E-state index contributed by atoms with van der Waals surface area (Å²) >= 11 is 2.44. The number of benzene rings is 1. The van der Waals surface area contributed by atoms with E-state index in [0.29, 0.717) is 15.2 Å². The summed E-state index contributed by atoms with van der Waals surface area (Å²) in [5, 5.41) is 9.08. The first-order chi connectivity index (χ1) is 11.4. The molecular weight excluding hydrogens is 368 g/mol. The molecule has 0 unspecified atom stereocenters. The molecule has 2 N–H and O–H groups in total. The molecule has 2 heterocycles. The molecule has 7 nitrogen and oxygen atoms in total. The molecule has 1 atom stereocenters. The van der Waals surface area contributed by atoms with Gasteiger partial charge in [0.1, 0.15) is 0 Å². The maximum Gasteiger partial charge on any atom is 0.238 e. The number of para-hydroxylation sites is 1. The number of nitrogen functional groups attached to an aromatic ring is 1. The van der Waals surface area contributed by atoms with E-state index < -0.39 is 15.9 Å². The molecular formula is C14H14N4O3S3. The zero-order valence-corrected chi connectivity index (χ0v) is 14.9. The van der Waals surface area contributed by atoms with Crippen LogP contribution in [-0.4, -0.2) is 42.1 Å². The number of anilines is 2. The number of sulfone groups is 1. The summed E-state index contributed by atoms with van der Waals surface area (Å²) in [5.41, 5.74) is 6.18. The van der Waals surface area contributed by atoms with Crippen LogP contribution in [0.2, 0.25) is 0 Å². The Hall–Kier alpha value is -1.91. The monoisotopic (exact) mass is 382 g/mol. The predicted octanol–water partition coefficient (Wildman–Crippen LogP) is 1.56. The number of hydrogen-bond donors (Lipinski definition) is 1. The Labute approximate surface area is 147 Å². The van der Waals surface area contributed by atoms with E-state index in [1.807, 2.05) is 6.07 Å². The van der Waals surface area contributed by atoms with Crippen LogP contribution >= 0.6 is 23.1 Å². The van der Waals surface area contributed by atoms with Crippen molar-refractivity contribution in [2.75, 3.05) is 22.1 Å². The Balaban J connectivity index is 1.79. The van der Waals surface area contributed by atoms with Crippen molar-refractivity contribution in [1.29, 1.82) is 0 Å². The third-order valence-electron chi connectivity index (χ3n) is 3.29. The average Bonchev–Trinajstić information content (AvgIpc) is 3.12. The fourth-order valence-electron chi connectivity index (χ4n) is 2.30. The van der Waals surface area contributed by atoms with Gasteiger partial charge in [-0.3, -0.25) is 4.79 Å². The number of nitrogens with two attached hydrogens (primary N) is 1. The summed E-state index contributed by atoms with van der Waals surface area (Å²) in [6, 6.07) is 8.51. The molecule has 1 aliphatic rings. The lowest BCUT2D eigenvalue weighted by Gasteiger charge is -2.27. The molecule has 3 rings (SSSR count). The molecule has 1 amide bonds. The van der Waals surface area contributed by atoms with E-state index >= 15 is 0 Å². The number of thioether (sulfide) groups is 1. The van der Waals surface area contributed by atoms with Crippen molar-refractivity contribution in [2.24, 2.45) is 0 Å². The van der Waals surface area contributed by atoms with Gasteiger partial charge < -0.3 is 10.6 Å². The molecule has 24 heavy (non-hydrogen) atoms. The standard InChI is InChI=1S/C14H14N4O3S3/c15-13-16-17-14(23-13)22-8-12(19)18(10-4-2-1-3-5-10)11-6-7-24(20,21)9-11/h1-7,11H,8-9H2,(H2,15,16)/t11-/m1/s1. The number of amides is 1. The Morgan fingerprint density at radius 1 is 1.33 bits per heavy atom. The van der Waals surface area contributed by atoms with E-state index in [9.17, 15) is 13.2 Å². The number of carbonyl (C=O) groups excluding carboxylic acids is 1. The van der Waals surface area contributed by atoms with Gasteiger partial charge in [0.25, 0.3) is 0 Å². The minimum absolute atomic E-state index is 0.107. The molecule has 1 aromatic heterocycles. The number of nitrogens with zero attached hydrogens (tertiary/aromatic N) is 3. The summed E-state index contributed by atoms with van der Waals surface area (Å²) < 4.78 is 24.0. The van der Waals surface area contributed by atoms with Gasteiger partial charge in [0.15, 0.2) is 14.2 Å². The van der Waals surface area contributed by atoms with Gasteiger partial charge in [-0.25, -0.2) is 8.42 Å². The second-order valence-electron chi connectivity index (χ2n) is 5.02. The highest BCUT2D eigenvalue weighted by Gasteiger charge is 2.31. The van der Waals surface area contributed by atoms with Crippen molar-refractivity contribution < 1.29 is 13.2 Å². The molecule has 0 saturated heterocycles. The molecule has 1 aromatic carbocycles. The Morgan fingerprint density at radius 2 is 2.08 bits per heavy atom. The van der Waals surface area contributed by atoms with Crippen LogP contribution in [0.25, 0.3) is 0 Å². The molecule has 0 aliphatic carbocycles. The van der Waals surface area contributed by atoms with Crippen LogP contribution in [0.3, 0.4) is 0 Å². The molecule has 10 heteroatoms. The first-order valence-electron chi connectivity index (χ1n) is 6.94. The summed E-state index contributed by atoms with van der Waals surface area (Å²) in [5.74, 6) is -0.190. The van der Waals surface area contributed by atoms with Crippen LogP contribution in [0.4, 0.5) is 10.8 Å². The van der Waals surface area contributed by atoms with Crippen molar-refractivity contribution in [3.05, 3.63) is 41.8 Å². The summed E-state index contributed by atoms with van der Waals surface area (Å²) in [6.45, 7) is 0. The molecule has 0 bridgehead atoms. The average molecular weight is 382 g/mol. The number of aromatic nitrogens is 2. The van der Waals surface area contributed by atoms with Crippen molar-refractivity contribution in [1.82, 2.24) is 10.2 Å². The van der Waals surface area contributed by atoms with E-state index in [1.54, 1.807) is 30.3 Å². The zero-order valence-electron chi connectivity index (χ0n) is 12.4. The highest BCUT2D eigenvalue weighted by Crippen LogP contribution is 2.27. The molecule has 0 saturated carbocycles. The van der Waals surface area contributed by atoms with Crippen LogP contribution in [0.5, 0.6) is 0 Å². The quantitative estimate of drug-likeness (QED) is 0.782. The molecule has 2 aromatic rings. The van der Waals surface area contributed by atoms with Crippen molar-refractivity contribution >= 4 is 49.7 Å². The number of rotatable bonds is 5. The Morgan fingerprint density at radius 3 is 2.67 bits per heavy atom. The maximum absolute atomic E-state index is 12.7. The lowest BCUT2D eigenvalue weighted by molar-refractivity contribution is -0.116. The lowest BCUT2D eigenvalue weighted by atomic mass is 10.2. The first-order valence-corrected chi connectivity index (χ1v) is 10.5. The highest BCUT2D eigenvalue weighted by molar-refractivity contribution is 8.01. The highest BCUT2D eigenvalue weighted by atomic mass is 32.2. The Bertz CT molecular complexity index is 864. The minimum Gasteiger partial charge on any atom is -0.374 e. The van der Waals surface area contributed by atoms with E-state index in [4.69, 9.17) is 5.73 Å². The zero-order chi connectivity index (χ0) is 17.2. The third-order valence-corrected chi connectivity index (χ3v) is 6.54.